The third kappa shape index (κ3) is 4.84. The predicted molar refractivity (Wildman–Crippen MR) is 102 cm³/mol. The summed E-state index contributed by atoms with van der Waals surface area (Å²) in [6.07, 6.45) is 2.34. The maximum absolute atomic E-state index is 12.9. The van der Waals surface area contributed by atoms with Crippen LogP contribution in [0.25, 0.3) is 0 Å². The molecule has 1 saturated heterocycles. The Kier molecular flexibility index (Phi) is 6.81. The summed E-state index contributed by atoms with van der Waals surface area (Å²) in [6.45, 7) is 5.74. The number of likely N-dealkylation sites (tertiary alicyclic amines) is 1. The average Bonchev–Trinajstić information content (AvgIpc) is 2.61. The van der Waals surface area contributed by atoms with E-state index in [1.807, 2.05) is 25.1 Å². The van der Waals surface area contributed by atoms with Crippen molar-refractivity contribution < 1.29 is 18.0 Å². The van der Waals surface area contributed by atoms with Gasteiger partial charge in [0.15, 0.2) is 9.84 Å². The molecular formula is C19H28N2O4S. The summed E-state index contributed by atoms with van der Waals surface area (Å²) in [5.74, 6) is -0.502. The molecule has 26 heavy (non-hydrogen) atoms. The number of nitrogens with zero attached hydrogens (tertiary/aromatic N) is 1. The number of piperidine rings is 1. The zero-order valence-electron chi connectivity index (χ0n) is 15.7. The highest BCUT2D eigenvalue weighted by Gasteiger charge is 2.33. The van der Waals surface area contributed by atoms with E-state index >= 15 is 0 Å². The van der Waals surface area contributed by atoms with E-state index in [0.29, 0.717) is 18.5 Å². The molecule has 6 nitrogen and oxygen atoms in total. The van der Waals surface area contributed by atoms with Crippen LogP contribution in [0.2, 0.25) is 0 Å². The van der Waals surface area contributed by atoms with Crippen molar-refractivity contribution in [3.63, 3.8) is 0 Å². The van der Waals surface area contributed by atoms with Crippen molar-refractivity contribution in [3.05, 3.63) is 35.4 Å². The highest BCUT2D eigenvalue weighted by molar-refractivity contribution is 7.92. The molecule has 1 unspecified atom stereocenters. The Balaban J connectivity index is 2.05. The number of carbonyl (C=O) groups is 2. The van der Waals surface area contributed by atoms with Crippen LogP contribution in [-0.4, -0.2) is 55.3 Å². The first kappa shape index (κ1) is 20.4. The van der Waals surface area contributed by atoms with Gasteiger partial charge in [0.1, 0.15) is 6.04 Å². The Morgan fingerprint density at radius 1 is 1.23 bits per heavy atom. The SMILES string of the molecule is Cc1ccccc1C(=O)N1CCCCC1C(=O)NCCS(=O)(=O)C(C)C. The minimum Gasteiger partial charge on any atom is -0.353 e. The van der Waals surface area contributed by atoms with E-state index in [1.54, 1.807) is 24.8 Å². The second-order valence-corrected chi connectivity index (χ2v) is 9.71. The molecule has 1 heterocycles. The quantitative estimate of drug-likeness (QED) is 0.817. The highest BCUT2D eigenvalue weighted by atomic mass is 32.2. The van der Waals surface area contributed by atoms with Crippen LogP contribution in [0.1, 0.15) is 49.0 Å². The van der Waals surface area contributed by atoms with Gasteiger partial charge < -0.3 is 10.2 Å². The average molecular weight is 381 g/mol. The van der Waals surface area contributed by atoms with Gasteiger partial charge in [-0.3, -0.25) is 9.59 Å². The molecule has 7 heteroatoms. The van der Waals surface area contributed by atoms with Crippen molar-refractivity contribution in [1.82, 2.24) is 10.2 Å². The monoisotopic (exact) mass is 380 g/mol. The minimum atomic E-state index is -3.20. The van der Waals surface area contributed by atoms with E-state index < -0.39 is 21.1 Å². The van der Waals surface area contributed by atoms with E-state index in [0.717, 1.165) is 18.4 Å². The van der Waals surface area contributed by atoms with Crippen molar-refractivity contribution in [3.8, 4) is 0 Å². The maximum atomic E-state index is 12.9. The van der Waals surface area contributed by atoms with Crippen LogP contribution in [0.3, 0.4) is 0 Å². The van der Waals surface area contributed by atoms with Crippen LogP contribution < -0.4 is 5.32 Å². The number of rotatable bonds is 6. The van der Waals surface area contributed by atoms with Gasteiger partial charge in [-0.15, -0.1) is 0 Å². The number of nitrogens with one attached hydrogen (secondary N) is 1. The molecule has 1 atom stereocenters. The maximum Gasteiger partial charge on any atom is 0.254 e. The largest absolute Gasteiger partial charge is 0.353 e. The lowest BCUT2D eigenvalue weighted by molar-refractivity contribution is -0.126. The predicted octanol–water partition coefficient (Wildman–Crippen LogP) is 1.93. The van der Waals surface area contributed by atoms with Gasteiger partial charge in [0.2, 0.25) is 5.91 Å². The van der Waals surface area contributed by atoms with Crippen molar-refractivity contribution in [1.29, 1.82) is 0 Å². The third-order valence-corrected chi connectivity index (χ3v) is 7.06. The summed E-state index contributed by atoms with van der Waals surface area (Å²) >= 11 is 0. The molecule has 1 aliphatic heterocycles. The second kappa shape index (κ2) is 8.66. The van der Waals surface area contributed by atoms with Crippen molar-refractivity contribution in [2.75, 3.05) is 18.8 Å². The normalized spacial score (nSPS) is 18.0. The van der Waals surface area contributed by atoms with Gasteiger partial charge in [-0.05, 0) is 51.7 Å². The van der Waals surface area contributed by atoms with E-state index in [4.69, 9.17) is 0 Å². The fourth-order valence-corrected chi connectivity index (χ4v) is 3.94. The Morgan fingerprint density at radius 3 is 2.58 bits per heavy atom. The molecule has 0 aromatic heterocycles. The molecule has 1 fully saturated rings. The van der Waals surface area contributed by atoms with Crippen LogP contribution in [-0.2, 0) is 14.6 Å². The number of carbonyl (C=O) groups excluding carboxylic acids is 2. The molecule has 0 aliphatic carbocycles. The number of amides is 2. The molecule has 1 aromatic carbocycles. The number of sulfone groups is 1. The van der Waals surface area contributed by atoms with Gasteiger partial charge >= 0.3 is 0 Å². The molecule has 0 bridgehead atoms. The van der Waals surface area contributed by atoms with Gasteiger partial charge in [0.05, 0.1) is 11.0 Å². The van der Waals surface area contributed by atoms with Gasteiger partial charge in [-0.25, -0.2) is 8.42 Å². The van der Waals surface area contributed by atoms with E-state index in [2.05, 4.69) is 5.32 Å². The first-order valence-electron chi connectivity index (χ1n) is 9.10. The Morgan fingerprint density at radius 2 is 1.92 bits per heavy atom. The fourth-order valence-electron chi connectivity index (χ4n) is 3.08. The summed E-state index contributed by atoms with van der Waals surface area (Å²) in [7, 11) is -3.20. The lowest BCUT2D eigenvalue weighted by Crippen LogP contribution is -2.52. The van der Waals surface area contributed by atoms with Crippen LogP contribution >= 0.6 is 0 Å². The summed E-state index contributed by atoms with van der Waals surface area (Å²) < 4.78 is 23.7. The van der Waals surface area contributed by atoms with Crippen LogP contribution in [0.4, 0.5) is 0 Å². The zero-order valence-corrected chi connectivity index (χ0v) is 16.5. The molecule has 2 rings (SSSR count). The van der Waals surface area contributed by atoms with Crippen molar-refractivity contribution >= 4 is 21.7 Å². The van der Waals surface area contributed by atoms with Crippen LogP contribution in [0.15, 0.2) is 24.3 Å². The Bertz CT molecular complexity index is 759. The molecule has 2 amide bonds. The summed E-state index contributed by atoms with van der Waals surface area (Å²) in [6, 6.07) is 6.80. The highest BCUT2D eigenvalue weighted by Crippen LogP contribution is 2.21. The van der Waals surface area contributed by atoms with Gasteiger partial charge in [0.25, 0.3) is 5.91 Å². The Labute approximate surface area is 155 Å². The lowest BCUT2D eigenvalue weighted by Gasteiger charge is -2.35. The van der Waals surface area contributed by atoms with Crippen molar-refractivity contribution in [2.24, 2.45) is 0 Å². The zero-order chi connectivity index (χ0) is 19.3. The molecule has 1 aliphatic rings. The van der Waals surface area contributed by atoms with E-state index in [9.17, 15) is 18.0 Å². The second-order valence-electron chi connectivity index (χ2n) is 7.03. The minimum absolute atomic E-state index is 0.0717. The first-order chi connectivity index (χ1) is 12.2. The van der Waals surface area contributed by atoms with Gasteiger partial charge in [-0.1, -0.05) is 18.2 Å². The summed E-state index contributed by atoms with van der Waals surface area (Å²) in [5, 5.41) is 2.24. The first-order valence-corrected chi connectivity index (χ1v) is 10.8. The summed E-state index contributed by atoms with van der Waals surface area (Å²) in [4.78, 5) is 27.1. The fraction of sp³-hybridized carbons (Fsp3) is 0.579. The lowest BCUT2D eigenvalue weighted by atomic mass is 9.99. The van der Waals surface area contributed by atoms with Gasteiger partial charge in [-0.2, -0.15) is 0 Å². The van der Waals surface area contributed by atoms with Crippen molar-refractivity contribution in [2.45, 2.75) is 51.3 Å². The van der Waals surface area contributed by atoms with Crippen LogP contribution in [0.5, 0.6) is 0 Å². The molecule has 1 aromatic rings. The topological polar surface area (TPSA) is 83.6 Å². The molecular weight excluding hydrogens is 352 g/mol. The molecule has 0 saturated carbocycles. The molecule has 0 radical (unpaired) electrons. The van der Waals surface area contributed by atoms with Gasteiger partial charge in [0, 0.05) is 18.7 Å². The van der Waals surface area contributed by atoms with E-state index in [1.165, 1.54) is 0 Å². The third-order valence-electron chi connectivity index (χ3n) is 4.85. The molecule has 0 spiro atoms. The number of hydrogen-bond acceptors (Lipinski definition) is 4. The molecule has 1 N–H and O–H groups in total. The number of aryl methyl sites for hydroxylation is 1. The smallest absolute Gasteiger partial charge is 0.254 e. The van der Waals surface area contributed by atoms with Crippen LogP contribution in [0, 0.1) is 6.92 Å². The summed E-state index contributed by atoms with van der Waals surface area (Å²) in [5.41, 5.74) is 1.49. The number of hydrogen-bond donors (Lipinski definition) is 1. The number of benzene rings is 1. The Hall–Kier alpha value is -1.89. The van der Waals surface area contributed by atoms with E-state index in [-0.39, 0.29) is 24.1 Å². The molecule has 144 valence electrons. The standard InChI is InChI=1S/C19H28N2O4S/c1-14(2)26(24,25)13-11-20-18(22)17-10-6-7-12-21(17)19(23)16-9-5-4-8-15(16)3/h4-5,8-9,14,17H,6-7,10-13H2,1-3H3,(H,20,22).